The van der Waals surface area contributed by atoms with Crippen molar-refractivity contribution >= 4 is 34.3 Å². The number of H-pyrrole nitrogens is 1. The molecule has 2 aromatic carbocycles. The van der Waals surface area contributed by atoms with Crippen LogP contribution in [-0.2, 0) is 16.0 Å². The zero-order chi connectivity index (χ0) is 16.4. The number of aromatic nitrogens is 1. The first-order chi connectivity index (χ1) is 11.1. The number of hydrogen-bond acceptors (Lipinski definition) is 3. The van der Waals surface area contributed by atoms with Crippen molar-refractivity contribution in [1.29, 1.82) is 0 Å². The van der Waals surface area contributed by atoms with Crippen LogP contribution in [0.3, 0.4) is 0 Å². The zero-order valence-corrected chi connectivity index (χ0v) is 13.2. The Morgan fingerprint density at radius 1 is 1.13 bits per heavy atom. The number of benzene rings is 2. The van der Waals surface area contributed by atoms with E-state index >= 15 is 0 Å². The van der Waals surface area contributed by atoms with Crippen LogP contribution in [0.2, 0.25) is 5.02 Å². The molecule has 1 N–H and O–H groups in total. The Morgan fingerprint density at radius 3 is 2.57 bits per heavy atom. The second-order valence-corrected chi connectivity index (χ2v) is 5.55. The molecule has 0 aliphatic heterocycles. The molecule has 0 saturated carbocycles. The number of carbonyl (C=O) groups is 2. The summed E-state index contributed by atoms with van der Waals surface area (Å²) in [7, 11) is 1.33. The van der Waals surface area contributed by atoms with Gasteiger partial charge in [0.25, 0.3) is 0 Å². The highest BCUT2D eigenvalue weighted by atomic mass is 35.5. The van der Waals surface area contributed by atoms with Gasteiger partial charge in [0.15, 0.2) is 0 Å². The van der Waals surface area contributed by atoms with E-state index in [0.717, 1.165) is 10.9 Å². The number of ether oxygens (including phenoxy) is 1. The van der Waals surface area contributed by atoms with Crippen LogP contribution in [-0.4, -0.2) is 23.8 Å². The largest absolute Gasteiger partial charge is 0.469 e. The van der Waals surface area contributed by atoms with E-state index in [0.29, 0.717) is 21.8 Å². The number of aromatic amines is 1. The first-order valence-electron chi connectivity index (χ1n) is 7.07. The fraction of sp³-hybridized carbons (Fsp3) is 0.111. The van der Waals surface area contributed by atoms with Crippen molar-refractivity contribution < 1.29 is 14.3 Å². The SMILES string of the molecule is COC(=O)Cc1c(C(=O)c2ccccc2)[nH]c2cc(Cl)ccc12. The zero-order valence-electron chi connectivity index (χ0n) is 12.4. The molecule has 3 aromatic rings. The Balaban J connectivity index is 2.16. The number of ketones is 1. The highest BCUT2D eigenvalue weighted by Crippen LogP contribution is 2.27. The number of carbonyl (C=O) groups excluding carboxylic acids is 2. The van der Waals surface area contributed by atoms with Crippen LogP contribution in [0.1, 0.15) is 21.6 Å². The van der Waals surface area contributed by atoms with Gasteiger partial charge in [0.1, 0.15) is 0 Å². The molecule has 116 valence electrons. The Morgan fingerprint density at radius 2 is 1.87 bits per heavy atom. The van der Waals surface area contributed by atoms with Gasteiger partial charge < -0.3 is 9.72 Å². The lowest BCUT2D eigenvalue weighted by molar-refractivity contribution is -0.139. The second kappa shape index (κ2) is 6.26. The van der Waals surface area contributed by atoms with Crippen molar-refractivity contribution in [3.63, 3.8) is 0 Å². The lowest BCUT2D eigenvalue weighted by Gasteiger charge is -2.04. The molecule has 3 rings (SSSR count). The van der Waals surface area contributed by atoms with E-state index in [2.05, 4.69) is 4.98 Å². The minimum atomic E-state index is -0.400. The Bertz CT molecular complexity index is 884. The van der Waals surface area contributed by atoms with Gasteiger partial charge in [-0.1, -0.05) is 48.0 Å². The van der Waals surface area contributed by atoms with Crippen LogP contribution in [0.25, 0.3) is 10.9 Å². The number of rotatable bonds is 4. The van der Waals surface area contributed by atoms with E-state index in [-0.39, 0.29) is 12.2 Å². The lowest BCUT2D eigenvalue weighted by atomic mass is 10.0. The molecule has 0 aliphatic rings. The summed E-state index contributed by atoms with van der Waals surface area (Å²) >= 11 is 6.01. The van der Waals surface area contributed by atoms with Gasteiger partial charge in [-0.15, -0.1) is 0 Å². The van der Waals surface area contributed by atoms with Gasteiger partial charge in [-0.25, -0.2) is 0 Å². The van der Waals surface area contributed by atoms with Crippen LogP contribution < -0.4 is 0 Å². The molecule has 0 amide bonds. The molecule has 0 fully saturated rings. The van der Waals surface area contributed by atoms with Gasteiger partial charge in [-0.3, -0.25) is 9.59 Å². The maximum atomic E-state index is 12.8. The number of hydrogen-bond donors (Lipinski definition) is 1. The minimum Gasteiger partial charge on any atom is -0.469 e. The van der Waals surface area contributed by atoms with Crippen LogP contribution in [0.5, 0.6) is 0 Å². The van der Waals surface area contributed by atoms with Gasteiger partial charge in [-0.05, 0) is 12.1 Å². The molecule has 0 spiro atoms. The Hall–Kier alpha value is -2.59. The quantitative estimate of drug-likeness (QED) is 0.586. The van der Waals surface area contributed by atoms with Gasteiger partial charge in [0.05, 0.1) is 19.2 Å². The van der Waals surface area contributed by atoms with Crippen molar-refractivity contribution in [3.8, 4) is 0 Å². The lowest BCUT2D eigenvalue weighted by Crippen LogP contribution is -2.10. The monoisotopic (exact) mass is 327 g/mol. The molecule has 0 bridgehead atoms. The van der Waals surface area contributed by atoms with Gasteiger partial charge in [0, 0.05) is 27.1 Å². The maximum Gasteiger partial charge on any atom is 0.310 e. The van der Waals surface area contributed by atoms with Crippen molar-refractivity contribution in [2.45, 2.75) is 6.42 Å². The first kappa shape index (κ1) is 15.3. The fourth-order valence-electron chi connectivity index (χ4n) is 2.56. The summed E-state index contributed by atoms with van der Waals surface area (Å²) in [5, 5.41) is 1.35. The second-order valence-electron chi connectivity index (χ2n) is 5.12. The third-order valence-electron chi connectivity index (χ3n) is 3.68. The highest BCUT2D eigenvalue weighted by molar-refractivity contribution is 6.31. The van der Waals surface area contributed by atoms with E-state index in [1.807, 2.05) is 6.07 Å². The maximum absolute atomic E-state index is 12.8. The molecular weight excluding hydrogens is 314 g/mol. The number of nitrogens with one attached hydrogen (secondary N) is 1. The molecular formula is C18H14ClNO3. The predicted octanol–water partition coefficient (Wildman–Crippen LogP) is 3.77. The Labute approximate surface area is 138 Å². The van der Waals surface area contributed by atoms with E-state index < -0.39 is 5.97 Å². The molecule has 0 atom stereocenters. The Kier molecular flexibility index (Phi) is 4.17. The van der Waals surface area contributed by atoms with E-state index in [9.17, 15) is 9.59 Å². The topological polar surface area (TPSA) is 59.2 Å². The van der Waals surface area contributed by atoms with E-state index in [1.165, 1.54) is 7.11 Å². The average Bonchev–Trinajstić information content (AvgIpc) is 2.92. The van der Waals surface area contributed by atoms with E-state index in [4.69, 9.17) is 16.3 Å². The summed E-state index contributed by atoms with van der Waals surface area (Å²) in [5.41, 5.74) is 2.28. The summed E-state index contributed by atoms with van der Waals surface area (Å²) in [6, 6.07) is 14.2. The summed E-state index contributed by atoms with van der Waals surface area (Å²) in [5.74, 6) is -0.570. The van der Waals surface area contributed by atoms with Crippen LogP contribution >= 0.6 is 11.6 Å². The molecule has 23 heavy (non-hydrogen) atoms. The van der Waals surface area contributed by atoms with Crippen molar-refractivity contribution in [2.24, 2.45) is 0 Å². The molecule has 1 aromatic heterocycles. The smallest absolute Gasteiger partial charge is 0.310 e. The summed E-state index contributed by atoms with van der Waals surface area (Å²) in [6.07, 6.45) is 0.0199. The fourth-order valence-corrected chi connectivity index (χ4v) is 2.73. The normalized spacial score (nSPS) is 10.7. The van der Waals surface area contributed by atoms with E-state index in [1.54, 1.807) is 42.5 Å². The van der Waals surface area contributed by atoms with Crippen molar-refractivity contribution in [2.75, 3.05) is 7.11 Å². The van der Waals surface area contributed by atoms with Crippen LogP contribution in [0.15, 0.2) is 48.5 Å². The molecule has 0 unspecified atom stereocenters. The van der Waals surface area contributed by atoms with Gasteiger partial charge >= 0.3 is 5.97 Å². The standard InChI is InChI=1S/C18H14ClNO3/c1-23-16(21)10-14-13-8-7-12(19)9-15(13)20-17(14)18(22)11-5-3-2-4-6-11/h2-9,20H,10H2,1H3. The third kappa shape index (κ3) is 2.98. The molecule has 0 aliphatic carbocycles. The molecule has 1 heterocycles. The predicted molar refractivity (Wildman–Crippen MR) is 88.9 cm³/mol. The molecule has 5 heteroatoms. The van der Waals surface area contributed by atoms with Gasteiger partial charge in [-0.2, -0.15) is 0 Å². The molecule has 4 nitrogen and oxygen atoms in total. The summed E-state index contributed by atoms with van der Waals surface area (Å²) in [4.78, 5) is 27.6. The van der Waals surface area contributed by atoms with Gasteiger partial charge in [0.2, 0.25) is 5.78 Å². The average molecular weight is 328 g/mol. The number of halogens is 1. The molecule has 0 saturated heterocycles. The van der Waals surface area contributed by atoms with Crippen molar-refractivity contribution in [3.05, 3.63) is 70.4 Å². The highest BCUT2D eigenvalue weighted by Gasteiger charge is 2.21. The summed E-state index contributed by atoms with van der Waals surface area (Å²) < 4.78 is 4.75. The number of esters is 1. The first-order valence-corrected chi connectivity index (χ1v) is 7.44. The van der Waals surface area contributed by atoms with Crippen LogP contribution in [0.4, 0.5) is 0 Å². The minimum absolute atomic E-state index is 0.0199. The molecule has 0 radical (unpaired) electrons. The van der Waals surface area contributed by atoms with Crippen LogP contribution in [0, 0.1) is 0 Å². The number of methoxy groups -OCH3 is 1. The third-order valence-corrected chi connectivity index (χ3v) is 3.92. The number of fused-ring (bicyclic) bond motifs is 1. The summed E-state index contributed by atoms with van der Waals surface area (Å²) in [6.45, 7) is 0. The van der Waals surface area contributed by atoms with Crippen molar-refractivity contribution in [1.82, 2.24) is 4.98 Å².